The predicted octanol–water partition coefficient (Wildman–Crippen LogP) is 4.36. The summed E-state index contributed by atoms with van der Waals surface area (Å²) in [7, 11) is 0. The van der Waals surface area contributed by atoms with E-state index in [-0.39, 0.29) is 24.4 Å². The van der Waals surface area contributed by atoms with Crippen molar-refractivity contribution in [2.24, 2.45) is 0 Å². The number of benzene rings is 2. The van der Waals surface area contributed by atoms with Crippen LogP contribution in [0.3, 0.4) is 0 Å². The Morgan fingerprint density at radius 3 is 2.59 bits per heavy atom. The molecular formula is C24H28Cl2N3O4S-. The number of rotatable bonds is 9. The van der Waals surface area contributed by atoms with Crippen LogP contribution in [0.5, 0.6) is 0 Å². The first-order valence-corrected chi connectivity index (χ1v) is 13.0. The zero-order valence-electron chi connectivity index (χ0n) is 19.0. The highest BCUT2D eigenvalue weighted by Gasteiger charge is 2.24. The summed E-state index contributed by atoms with van der Waals surface area (Å²) < 4.78 is 24.8. The fourth-order valence-corrected chi connectivity index (χ4v) is 5.15. The molecular weight excluding hydrogens is 497 g/mol. The van der Waals surface area contributed by atoms with E-state index in [4.69, 9.17) is 23.2 Å². The molecule has 7 nitrogen and oxygen atoms in total. The van der Waals surface area contributed by atoms with Gasteiger partial charge in [0.15, 0.2) is 0 Å². The summed E-state index contributed by atoms with van der Waals surface area (Å²) in [5, 5.41) is 3.72. The van der Waals surface area contributed by atoms with Gasteiger partial charge in [0.2, 0.25) is 5.91 Å². The van der Waals surface area contributed by atoms with Gasteiger partial charge in [-0.2, -0.15) is 0 Å². The van der Waals surface area contributed by atoms with Crippen molar-refractivity contribution in [3.63, 3.8) is 0 Å². The van der Waals surface area contributed by atoms with Crippen LogP contribution in [0, 0.1) is 0 Å². The molecule has 0 bridgehead atoms. The molecule has 1 aliphatic heterocycles. The Morgan fingerprint density at radius 1 is 1.18 bits per heavy atom. The minimum atomic E-state index is -2.50. The van der Waals surface area contributed by atoms with Crippen LogP contribution >= 0.6 is 23.2 Å². The zero-order chi connectivity index (χ0) is 24.7. The van der Waals surface area contributed by atoms with Gasteiger partial charge >= 0.3 is 0 Å². The molecule has 0 spiro atoms. The monoisotopic (exact) mass is 524 g/mol. The van der Waals surface area contributed by atoms with Crippen molar-refractivity contribution in [1.29, 1.82) is 0 Å². The maximum atomic E-state index is 12.5. The number of nitrogens with one attached hydrogen (secondary N) is 1. The maximum Gasteiger partial charge on any atom is 0.251 e. The van der Waals surface area contributed by atoms with E-state index in [2.05, 4.69) is 5.32 Å². The highest BCUT2D eigenvalue weighted by Crippen LogP contribution is 2.27. The molecule has 2 aromatic carbocycles. The second kappa shape index (κ2) is 12.5. The first kappa shape index (κ1) is 26.5. The van der Waals surface area contributed by atoms with E-state index in [9.17, 15) is 18.4 Å². The minimum absolute atomic E-state index is 0.0737. The number of hydrogen-bond acceptors (Lipinski definition) is 4. The quantitative estimate of drug-likeness (QED) is 0.493. The van der Waals surface area contributed by atoms with Gasteiger partial charge in [0.1, 0.15) is 0 Å². The molecule has 2 amide bonds. The summed E-state index contributed by atoms with van der Waals surface area (Å²) in [4.78, 5) is 26.2. The predicted molar refractivity (Wildman–Crippen MR) is 135 cm³/mol. The standard InChI is InChI=1S/C24H29Cl2N3O4S/c1-17(30)28-15-3-2-6-20(28)12-14-27-24(31)19-8-10-21(11-9-19)29(34(32)33)16-13-18-5-4-7-22(25)23(18)26/h4-5,7-11,20H,2-3,6,12-16H2,1H3,(H,27,31)(H,32,33)/p-1. The Balaban J connectivity index is 1.56. The summed E-state index contributed by atoms with van der Waals surface area (Å²) >= 11 is 9.74. The fourth-order valence-electron chi connectivity index (χ4n) is 4.20. The van der Waals surface area contributed by atoms with Crippen LogP contribution in [0.4, 0.5) is 5.69 Å². The molecule has 1 N–H and O–H groups in total. The summed E-state index contributed by atoms with van der Waals surface area (Å²) in [5.41, 5.74) is 1.63. The number of carbonyl (C=O) groups excluding carboxylic acids is 2. The average molecular weight is 525 g/mol. The summed E-state index contributed by atoms with van der Waals surface area (Å²) in [5.74, 6) is -0.165. The molecule has 34 heavy (non-hydrogen) atoms. The Morgan fingerprint density at radius 2 is 1.91 bits per heavy atom. The third kappa shape index (κ3) is 6.95. The molecule has 1 fully saturated rings. The Kier molecular flexibility index (Phi) is 9.76. The lowest BCUT2D eigenvalue weighted by Crippen LogP contribution is -2.44. The molecule has 0 aliphatic carbocycles. The smallest absolute Gasteiger partial charge is 0.251 e. The van der Waals surface area contributed by atoms with E-state index < -0.39 is 11.3 Å². The van der Waals surface area contributed by atoms with Crippen molar-refractivity contribution < 1.29 is 18.4 Å². The van der Waals surface area contributed by atoms with Crippen LogP contribution in [0.15, 0.2) is 42.5 Å². The lowest BCUT2D eigenvalue weighted by atomic mass is 9.99. The van der Waals surface area contributed by atoms with Gasteiger partial charge in [-0.3, -0.25) is 13.8 Å². The largest absolute Gasteiger partial charge is 0.755 e. The van der Waals surface area contributed by atoms with Gasteiger partial charge in [-0.15, -0.1) is 0 Å². The van der Waals surface area contributed by atoms with E-state index in [0.717, 1.165) is 31.4 Å². The summed E-state index contributed by atoms with van der Waals surface area (Å²) in [6, 6.07) is 11.8. The van der Waals surface area contributed by atoms with Crippen molar-refractivity contribution in [1.82, 2.24) is 10.2 Å². The van der Waals surface area contributed by atoms with Crippen molar-refractivity contribution in [2.45, 2.75) is 45.1 Å². The van der Waals surface area contributed by atoms with E-state index in [0.29, 0.717) is 40.7 Å². The average Bonchev–Trinajstić information content (AvgIpc) is 2.82. The van der Waals surface area contributed by atoms with E-state index in [1.807, 2.05) is 4.90 Å². The van der Waals surface area contributed by atoms with Gasteiger partial charge in [0, 0.05) is 55.1 Å². The molecule has 0 saturated carbocycles. The van der Waals surface area contributed by atoms with Crippen LogP contribution in [0.25, 0.3) is 0 Å². The second-order valence-electron chi connectivity index (χ2n) is 8.24. The topological polar surface area (TPSA) is 92.8 Å². The molecule has 2 aromatic rings. The first-order valence-electron chi connectivity index (χ1n) is 11.2. The number of nitrogens with zero attached hydrogens (tertiary/aromatic N) is 2. The van der Waals surface area contributed by atoms with Crippen molar-refractivity contribution >= 4 is 52.0 Å². The Labute approximate surface area is 212 Å². The van der Waals surface area contributed by atoms with Gasteiger partial charge in [-0.25, -0.2) is 0 Å². The minimum Gasteiger partial charge on any atom is -0.755 e. The number of anilines is 1. The molecule has 2 atom stereocenters. The van der Waals surface area contributed by atoms with Crippen LogP contribution < -0.4 is 9.62 Å². The van der Waals surface area contributed by atoms with Crippen LogP contribution in [0.2, 0.25) is 10.0 Å². The maximum absolute atomic E-state index is 12.5. The number of likely N-dealkylation sites (tertiary alicyclic amines) is 1. The number of piperidine rings is 1. The van der Waals surface area contributed by atoms with Crippen molar-refractivity contribution in [3.8, 4) is 0 Å². The lowest BCUT2D eigenvalue weighted by Gasteiger charge is -2.35. The van der Waals surface area contributed by atoms with Gasteiger partial charge in [0.25, 0.3) is 5.91 Å². The third-order valence-electron chi connectivity index (χ3n) is 6.01. The van der Waals surface area contributed by atoms with Crippen molar-refractivity contribution in [3.05, 3.63) is 63.6 Å². The molecule has 1 heterocycles. The third-order valence-corrected chi connectivity index (χ3v) is 7.62. The summed E-state index contributed by atoms with van der Waals surface area (Å²) in [6.45, 7) is 3.00. The van der Waals surface area contributed by atoms with Crippen LogP contribution in [-0.2, 0) is 22.5 Å². The van der Waals surface area contributed by atoms with E-state index >= 15 is 0 Å². The molecule has 2 unspecified atom stereocenters. The highest BCUT2D eigenvalue weighted by molar-refractivity contribution is 7.80. The van der Waals surface area contributed by atoms with Gasteiger partial charge in [-0.05, 0) is 68.0 Å². The Hall–Kier alpha value is -2.13. The van der Waals surface area contributed by atoms with Crippen molar-refractivity contribution in [2.75, 3.05) is 23.9 Å². The molecule has 0 radical (unpaired) electrons. The number of hydrogen-bond donors (Lipinski definition) is 1. The fraction of sp³-hybridized carbons (Fsp3) is 0.417. The molecule has 3 rings (SSSR count). The number of halogens is 2. The number of carbonyl (C=O) groups is 2. The van der Waals surface area contributed by atoms with Gasteiger partial charge in [0.05, 0.1) is 10.0 Å². The molecule has 0 aromatic heterocycles. The van der Waals surface area contributed by atoms with Gasteiger partial charge < -0.3 is 19.1 Å². The normalized spacial score (nSPS) is 16.7. The van der Waals surface area contributed by atoms with Crippen LogP contribution in [0.1, 0.15) is 48.5 Å². The molecule has 184 valence electrons. The highest BCUT2D eigenvalue weighted by atomic mass is 35.5. The van der Waals surface area contributed by atoms with Crippen LogP contribution in [-0.4, -0.2) is 51.2 Å². The molecule has 10 heteroatoms. The lowest BCUT2D eigenvalue weighted by molar-refractivity contribution is -0.132. The first-order chi connectivity index (χ1) is 16.3. The second-order valence-corrected chi connectivity index (χ2v) is 9.90. The SMILES string of the molecule is CC(=O)N1CCCCC1CCNC(=O)c1ccc(N(CCc2cccc(Cl)c2Cl)S(=O)[O-])cc1. The van der Waals surface area contributed by atoms with E-state index in [1.54, 1.807) is 49.4 Å². The zero-order valence-corrected chi connectivity index (χ0v) is 21.3. The molecule has 1 saturated heterocycles. The number of amides is 2. The molecule has 1 aliphatic rings. The summed E-state index contributed by atoms with van der Waals surface area (Å²) in [6.07, 6.45) is 4.15. The van der Waals surface area contributed by atoms with Gasteiger partial charge in [-0.1, -0.05) is 35.3 Å². The van der Waals surface area contributed by atoms with E-state index in [1.165, 1.54) is 4.31 Å². The Bertz CT molecular complexity index is 1040.